The van der Waals surface area contributed by atoms with Crippen molar-refractivity contribution in [2.24, 2.45) is 5.73 Å². The molecule has 0 spiro atoms. The first kappa shape index (κ1) is 14.8. The number of rotatable bonds is 4. The maximum atomic E-state index is 12.2. The van der Waals surface area contributed by atoms with Gasteiger partial charge in [-0.1, -0.05) is 24.3 Å². The van der Waals surface area contributed by atoms with E-state index in [4.69, 9.17) is 10.5 Å². The Labute approximate surface area is 132 Å². The molecular weight excluding hydrogens is 298 g/mol. The summed E-state index contributed by atoms with van der Waals surface area (Å²) in [6.45, 7) is 0. The summed E-state index contributed by atoms with van der Waals surface area (Å²) < 4.78 is 5.11. The van der Waals surface area contributed by atoms with Crippen molar-refractivity contribution in [3.8, 4) is 5.75 Å². The van der Waals surface area contributed by atoms with E-state index in [-0.39, 0.29) is 12.1 Å². The van der Waals surface area contributed by atoms with E-state index >= 15 is 0 Å². The second-order valence-corrected chi connectivity index (χ2v) is 5.37. The fourth-order valence-corrected chi connectivity index (χ4v) is 2.91. The monoisotopic (exact) mass is 313 g/mol. The van der Waals surface area contributed by atoms with E-state index in [0.29, 0.717) is 22.6 Å². The molecule has 23 heavy (non-hydrogen) atoms. The number of nitrogens with zero attached hydrogens (tertiary/aromatic N) is 1. The van der Waals surface area contributed by atoms with Gasteiger partial charge in [-0.05, 0) is 23.3 Å². The van der Waals surface area contributed by atoms with Crippen molar-refractivity contribution in [2.45, 2.75) is 12.0 Å². The summed E-state index contributed by atoms with van der Waals surface area (Å²) in [4.78, 5) is 22.9. The number of nitro benzene ring substituents is 1. The molecule has 3 N–H and O–H groups in total. The van der Waals surface area contributed by atoms with Gasteiger partial charge in [-0.15, -0.1) is 0 Å². The van der Waals surface area contributed by atoms with Gasteiger partial charge < -0.3 is 15.8 Å². The first-order chi connectivity index (χ1) is 11.0. The molecule has 1 heterocycles. The lowest BCUT2D eigenvalue weighted by Gasteiger charge is -2.27. The molecule has 1 aliphatic heterocycles. The van der Waals surface area contributed by atoms with Crippen LogP contribution in [0.4, 0.5) is 11.4 Å². The second kappa shape index (κ2) is 5.28. The molecule has 7 heteroatoms. The number of nitrogens with one attached hydrogen (secondary N) is 1. The van der Waals surface area contributed by atoms with Crippen LogP contribution in [0.2, 0.25) is 0 Å². The minimum atomic E-state index is -1.21. The number of primary amides is 1. The Hall–Kier alpha value is -3.09. The third-order valence-electron chi connectivity index (χ3n) is 4.12. The predicted octanol–water partition coefficient (Wildman–Crippen LogP) is 1.95. The lowest BCUT2D eigenvalue weighted by Crippen LogP contribution is -2.46. The number of hydrogen-bond acceptors (Lipinski definition) is 5. The third-order valence-corrected chi connectivity index (χ3v) is 4.12. The molecule has 7 nitrogen and oxygen atoms in total. The molecule has 1 unspecified atom stereocenters. The Bertz CT molecular complexity index is 788. The highest BCUT2D eigenvalue weighted by atomic mass is 16.6. The van der Waals surface area contributed by atoms with E-state index in [9.17, 15) is 14.9 Å². The van der Waals surface area contributed by atoms with Crippen LogP contribution in [-0.2, 0) is 16.8 Å². The Morgan fingerprint density at radius 3 is 2.57 bits per heavy atom. The molecule has 3 rings (SSSR count). The fourth-order valence-electron chi connectivity index (χ4n) is 2.91. The standard InChI is InChI=1S/C16H15N3O4/c1-23-12-7-5-11(6-8-12)16(15(17)20)9-10-3-2-4-13(19(21)22)14(10)18-16/h2-8,18H,9H2,1H3,(H2,17,20). The minimum absolute atomic E-state index is 0.0702. The SMILES string of the molecule is COc1ccc(C2(C(N)=O)Cc3cccc([N+](=O)[O-])c3N2)cc1. The summed E-state index contributed by atoms with van der Waals surface area (Å²) in [5, 5.41) is 14.2. The van der Waals surface area contributed by atoms with Crippen molar-refractivity contribution in [2.75, 3.05) is 12.4 Å². The number of carbonyl (C=O) groups excluding carboxylic acids is 1. The molecule has 0 aliphatic carbocycles. The van der Waals surface area contributed by atoms with E-state index in [1.807, 2.05) is 0 Å². The van der Waals surface area contributed by atoms with Crippen molar-refractivity contribution in [1.82, 2.24) is 0 Å². The molecule has 118 valence electrons. The van der Waals surface area contributed by atoms with Crippen molar-refractivity contribution in [3.05, 3.63) is 63.7 Å². The van der Waals surface area contributed by atoms with Crippen LogP contribution >= 0.6 is 0 Å². The Balaban J connectivity index is 2.09. The van der Waals surface area contributed by atoms with Crippen molar-refractivity contribution < 1.29 is 14.5 Å². The Kier molecular flexibility index (Phi) is 3.40. The largest absolute Gasteiger partial charge is 0.497 e. The zero-order valence-corrected chi connectivity index (χ0v) is 12.4. The van der Waals surface area contributed by atoms with Gasteiger partial charge in [0.05, 0.1) is 12.0 Å². The molecule has 0 bridgehead atoms. The van der Waals surface area contributed by atoms with E-state index in [2.05, 4.69) is 5.32 Å². The molecule has 2 aromatic rings. The van der Waals surface area contributed by atoms with Gasteiger partial charge in [-0.3, -0.25) is 14.9 Å². The van der Waals surface area contributed by atoms with Crippen LogP contribution in [0.25, 0.3) is 0 Å². The van der Waals surface area contributed by atoms with Crippen molar-refractivity contribution in [1.29, 1.82) is 0 Å². The number of benzene rings is 2. The summed E-state index contributed by atoms with van der Waals surface area (Å²) in [6.07, 6.45) is 0.256. The van der Waals surface area contributed by atoms with Gasteiger partial charge in [0.25, 0.3) is 5.69 Å². The lowest BCUT2D eigenvalue weighted by molar-refractivity contribution is -0.384. The van der Waals surface area contributed by atoms with Crippen LogP contribution in [0.1, 0.15) is 11.1 Å². The first-order valence-corrected chi connectivity index (χ1v) is 6.97. The highest BCUT2D eigenvalue weighted by Gasteiger charge is 2.46. The molecule has 0 aromatic heterocycles. The maximum Gasteiger partial charge on any atom is 0.292 e. The average Bonchev–Trinajstić information content (AvgIpc) is 2.95. The molecule has 1 amide bonds. The van der Waals surface area contributed by atoms with E-state index < -0.39 is 16.4 Å². The smallest absolute Gasteiger partial charge is 0.292 e. The van der Waals surface area contributed by atoms with Crippen LogP contribution in [0.15, 0.2) is 42.5 Å². The number of ether oxygens (including phenoxy) is 1. The zero-order valence-electron chi connectivity index (χ0n) is 12.4. The van der Waals surface area contributed by atoms with Crippen LogP contribution in [0.3, 0.4) is 0 Å². The second-order valence-electron chi connectivity index (χ2n) is 5.37. The van der Waals surface area contributed by atoms with Gasteiger partial charge in [0.15, 0.2) is 0 Å². The average molecular weight is 313 g/mol. The van der Waals surface area contributed by atoms with Crippen LogP contribution in [0.5, 0.6) is 5.75 Å². The number of anilines is 1. The summed E-state index contributed by atoms with van der Waals surface area (Å²) in [5.41, 5.74) is 6.02. The summed E-state index contributed by atoms with van der Waals surface area (Å²) in [7, 11) is 1.55. The summed E-state index contributed by atoms with van der Waals surface area (Å²) >= 11 is 0. The van der Waals surface area contributed by atoms with Gasteiger partial charge in [-0.2, -0.15) is 0 Å². The van der Waals surface area contributed by atoms with Gasteiger partial charge >= 0.3 is 0 Å². The molecule has 0 radical (unpaired) electrons. The molecule has 0 saturated carbocycles. The van der Waals surface area contributed by atoms with Gasteiger partial charge in [0.1, 0.15) is 17.0 Å². The van der Waals surface area contributed by atoms with E-state index in [1.165, 1.54) is 6.07 Å². The van der Waals surface area contributed by atoms with Gasteiger partial charge in [0.2, 0.25) is 5.91 Å². The predicted molar refractivity (Wildman–Crippen MR) is 84.3 cm³/mol. The minimum Gasteiger partial charge on any atom is -0.497 e. The van der Waals surface area contributed by atoms with Crippen molar-refractivity contribution >= 4 is 17.3 Å². The van der Waals surface area contributed by atoms with Crippen LogP contribution in [0, 0.1) is 10.1 Å². The first-order valence-electron chi connectivity index (χ1n) is 6.97. The number of hydrogen-bond donors (Lipinski definition) is 2. The lowest BCUT2D eigenvalue weighted by atomic mass is 9.86. The highest BCUT2D eigenvalue weighted by molar-refractivity contribution is 5.93. The molecule has 0 saturated heterocycles. The number of para-hydroxylation sites is 1. The zero-order chi connectivity index (χ0) is 16.6. The topological polar surface area (TPSA) is 107 Å². The van der Waals surface area contributed by atoms with Gasteiger partial charge in [-0.25, -0.2) is 0 Å². The number of amides is 1. The van der Waals surface area contributed by atoms with Crippen LogP contribution in [-0.4, -0.2) is 17.9 Å². The molecule has 0 fully saturated rings. The summed E-state index contributed by atoms with van der Waals surface area (Å²) in [5.74, 6) is 0.0584. The highest BCUT2D eigenvalue weighted by Crippen LogP contribution is 2.43. The molecule has 1 atom stereocenters. The quantitative estimate of drug-likeness (QED) is 0.662. The Morgan fingerprint density at radius 2 is 2.00 bits per heavy atom. The Morgan fingerprint density at radius 1 is 1.30 bits per heavy atom. The van der Waals surface area contributed by atoms with E-state index in [0.717, 1.165) is 0 Å². The van der Waals surface area contributed by atoms with Crippen LogP contribution < -0.4 is 15.8 Å². The fraction of sp³-hybridized carbons (Fsp3) is 0.188. The van der Waals surface area contributed by atoms with Gasteiger partial charge in [0, 0.05) is 12.5 Å². The summed E-state index contributed by atoms with van der Waals surface area (Å²) in [6, 6.07) is 11.7. The number of methoxy groups -OCH3 is 1. The molecule has 1 aliphatic rings. The normalized spacial score (nSPS) is 18.8. The number of nitro groups is 1. The maximum absolute atomic E-state index is 12.2. The number of fused-ring (bicyclic) bond motifs is 1. The van der Waals surface area contributed by atoms with Crippen molar-refractivity contribution in [3.63, 3.8) is 0 Å². The van der Waals surface area contributed by atoms with E-state index in [1.54, 1.807) is 43.5 Å². The molecule has 2 aromatic carbocycles. The third kappa shape index (κ3) is 2.26. The number of nitrogens with two attached hydrogens (primary N) is 1. The number of carbonyl (C=O) groups is 1. The molecular formula is C16H15N3O4.